The van der Waals surface area contributed by atoms with Crippen molar-refractivity contribution < 1.29 is 14.0 Å². The predicted molar refractivity (Wildman–Crippen MR) is 143 cm³/mol. The van der Waals surface area contributed by atoms with Crippen LogP contribution in [0.2, 0.25) is 20.1 Å². The van der Waals surface area contributed by atoms with Gasteiger partial charge in [-0.1, -0.05) is 52.5 Å². The Kier molecular flexibility index (Phi) is 7.83. The van der Waals surface area contributed by atoms with Gasteiger partial charge in [-0.2, -0.15) is 0 Å². The second-order valence-electron chi connectivity index (χ2n) is 7.28. The van der Waals surface area contributed by atoms with Crippen LogP contribution in [-0.2, 0) is 4.79 Å². The maximum atomic E-state index is 12.4. The zero-order valence-corrected chi connectivity index (χ0v) is 20.8. The van der Waals surface area contributed by atoms with Crippen LogP contribution in [0.1, 0.15) is 16.1 Å². The third-order valence-corrected chi connectivity index (χ3v) is 6.20. The Bertz CT molecular complexity index is 1430. The number of amides is 2. The molecule has 2 amide bonds. The summed E-state index contributed by atoms with van der Waals surface area (Å²) < 4.78 is 5.74. The van der Waals surface area contributed by atoms with E-state index in [0.717, 1.165) is 0 Å². The van der Waals surface area contributed by atoms with Crippen LogP contribution in [0.25, 0.3) is 17.4 Å². The van der Waals surface area contributed by atoms with Crippen molar-refractivity contribution in [3.63, 3.8) is 0 Å². The summed E-state index contributed by atoms with van der Waals surface area (Å²) in [5.74, 6) is 0.289. The lowest BCUT2D eigenvalue weighted by Crippen LogP contribution is -2.12. The van der Waals surface area contributed by atoms with Crippen LogP contribution < -0.4 is 10.6 Å². The summed E-state index contributed by atoms with van der Waals surface area (Å²) in [5, 5.41) is 7.01. The van der Waals surface area contributed by atoms with Crippen molar-refractivity contribution in [3.05, 3.63) is 110 Å². The first-order chi connectivity index (χ1) is 16.8. The summed E-state index contributed by atoms with van der Waals surface area (Å²) in [6.45, 7) is 0. The fourth-order valence-electron chi connectivity index (χ4n) is 3.13. The molecule has 0 aliphatic heterocycles. The molecule has 176 valence electrons. The van der Waals surface area contributed by atoms with Gasteiger partial charge in [-0.05, 0) is 72.8 Å². The fraction of sp³-hybridized carbons (Fsp3) is 0. The number of halogens is 4. The van der Waals surface area contributed by atoms with Crippen molar-refractivity contribution >= 4 is 75.7 Å². The van der Waals surface area contributed by atoms with Gasteiger partial charge in [-0.3, -0.25) is 9.59 Å². The average Bonchev–Trinajstić information content (AvgIpc) is 3.29. The lowest BCUT2D eigenvalue weighted by molar-refractivity contribution is -0.111. The summed E-state index contributed by atoms with van der Waals surface area (Å²) in [4.78, 5) is 24.7. The van der Waals surface area contributed by atoms with Crippen molar-refractivity contribution in [2.45, 2.75) is 0 Å². The predicted octanol–water partition coefficient (Wildman–Crippen LogP) is 8.46. The van der Waals surface area contributed by atoms with E-state index >= 15 is 0 Å². The lowest BCUT2D eigenvalue weighted by Gasteiger charge is -2.08. The highest BCUT2D eigenvalue weighted by Gasteiger charge is 2.12. The van der Waals surface area contributed by atoms with Gasteiger partial charge in [0.15, 0.2) is 0 Å². The van der Waals surface area contributed by atoms with Crippen molar-refractivity contribution in [1.29, 1.82) is 0 Å². The number of carbonyl (C=O) groups excluding carboxylic acids is 2. The van der Waals surface area contributed by atoms with Gasteiger partial charge in [0, 0.05) is 28.0 Å². The number of hydrogen-bond donors (Lipinski definition) is 2. The van der Waals surface area contributed by atoms with Gasteiger partial charge >= 0.3 is 0 Å². The fourth-order valence-corrected chi connectivity index (χ4v) is 4.02. The molecule has 2 N–H and O–H groups in total. The molecule has 3 aromatic carbocycles. The van der Waals surface area contributed by atoms with E-state index in [-0.39, 0.29) is 16.8 Å². The first-order valence-corrected chi connectivity index (χ1v) is 11.7. The molecule has 5 nitrogen and oxygen atoms in total. The van der Waals surface area contributed by atoms with Gasteiger partial charge in [0.05, 0.1) is 20.6 Å². The number of hydrogen-bond acceptors (Lipinski definition) is 3. The van der Waals surface area contributed by atoms with Crippen LogP contribution >= 0.6 is 46.4 Å². The van der Waals surface area contributed by atoms with Crippen molar-refractivity contribution in [3.8, 4) is 11.3 Å². The average molecular weight is 546 g/mol. The molecule has 4 aromatic rings. The van der Waals surface area contributed by atoms with Gasteiger partial charge in [0.1, 0.15) is 11.5 Å². The summed E-state index contributed by atoms with van der Waals surface area (Å²) in [6, 6.07) is 20.0. The van der Waals surface area contributed by atoms with Crippen LogP contribution in [0.15, 0.2) is 83.3 Å². The number of benzene rings is 3. The monoisotopic (exact) mass is 544 g/mol. The molecule has 4 rings (SSSR count). The second-order valence-corrected chi connectivity index (χ2v) is 8.91. The number of carbonyl (C=O) groups is 2. The van der Waals surface area contributed by atoms with Crippen LogP contribution in [0.4, 0.5) is 11.4 Å². The molecule has 0 bridgehead atoms. The third-order valence-electron chi connectivity index (χ3n) is 4.83. The highest BCUT2D eigenvalue weighted by molar-refractivity contribution is 6.43. The van der Waals surface area contributed by atoms with Crippen LogP contribution in [0, 0.1) is 0 Å². The van der Waals surface area contributed by atoms with E-state index in [2.05, 4.69) is 10.6 Å². The molecule has 0 unspecified atom stereocenters. The highest BCUT2D eigenvalue weighted by atomic mass is 35.5. The molecular weight excluding hydrogens is 530 g/mol. The van der Waals surface area contributed by atoms with Gasteiger partial charge < -0.3 is 15.1 Å². The van der Waals surface area contributed by atoms with Gasteiger partial charge in [-0.15, -0.1) is 0 Å². The molecule has 0 aliphatic rings. The van der Waals surface area contributed by atoms with E-state index in [1.807, 2.05) is 0 Å². The first kappa shape index (κ1) is 24.9. The Morgan fingerprint density at radius 3 is 2.20 bits per heavy atom. The number of rotatable bonds is 6. The van der Waals surface area contributed by atoms with Gasteiger partial charge in [0.25, 0.3) is 5.91 Å². The van der Waals surface area contributed by atoms with Gasteiger partial charge in [0.2, 0.25) is 5.91 Å². The third kappa shape index (κ3) is 6.27. The molecule has 0 atom stereocenters. The van der Waals surface area contributed by atoms with E-state index in [4.69, 9.17) is 50.8 Å². The Morgan fingerprint density at radius 1 is 0.771 bits per heavy atom. The minimum Gasteiger partial charge on any atom is -0.457 e. The second kappa shape index (κ2) is 11.0. The van der Waals surface area contributed by atoms with Gasteiger partial charge in [-0.25, -0.2) is 0 Å². The Morgan fingerprint density at radius 2 is 1.49 bits per heavy atom. The summed E-state index contributed by atoms with van der Waals surface area (Å²) in [5.41, 5.74) is 2.05. The zero-order valence-electron chi connectivity index (χ0n) is 17.8. The van der Waals surface area contributed by atoms with Crippen molar-refractivity contribution in [1.82, 2.24) is 0 Å². The normalized spacial score (nSPS) is 11.0. The summed E-state index contributed by atoms with van der Waals surface area (Å²) >= 11 is 24.2. The van der Waals surface area contributed by atoms with Crippen molar-refractivity contribution in [2.24, 2.45) is 0 Å². The Balaban J connectivity index is 1.35. The zero-order chi connectivity index (χ0) is 24.9. The molecule has 35 heavy (non-hydrogen) atoms. The standard InChI is InChI=1S/C26H16Cl4N2O3/c27-15-4-11-19(22(29)14-15)26(34)32-17-7-5-16(6-8-17)31-24(33)13-10-18-9-12-23(35-18)20-2-1-3-21(28)25(20)30/h1-14H,(H,31,33)(H,32,34). The molecule has 0 radical (unpaired) electrons. The van der Waals surface area contributed by atoms with Crippen LogP contribution in [-0.4, -0.2) is 11.8 Å². The minimum atomic E-state index is -0.372. The molecule has 1 heterocycles. The molecule has 9 heteroatoms. The molecule has 0 fully saturated rings. The first-order valence-electron chi connectivity index (χ1n) is 10.2. The molecule has 0 spiro atoms. The molecular formula is C26H16Cl4N2O3. The largest absolute Gasteiger partial charge is 0.457 e. The highest BCUT2D eigenvalue weighted by Crippen LogP contribution is 2.34. The van der Waals surface area contributed by atoms with E-state index in [0.29, 0.717) is 49.1 Å². The van der Waals surface area contributed by atoms with Crippen molar-refractivity contribution in [2.75, 3.05) is 10.6 Å². The molecule has 0 saturated heterocycles. The van der Waals surface area contributed by atoms with E-state index in [1.165, 1.54) is 12.1 Å². The maximum absolute atomic E-state index is 12.4. The van der Waals surface area contributed by atoms with E-state index in [9.17, 15) is 9.59 Å². The minimum absolute atomic E-state index is 0.255. The lowest BCUT2D eigenvalue weighted by atomic mass is 10.2. The van der Waals surface area contributed by atoms with E-state index < -0.39 is 0 Å². The number of nitrogens with one attached hydrogen (secondary N) is 2. The molecule has 0 saturated carbocycles. The Hall–Kier alpha value is -3.22. The summed E-state index contributed by atoms with van der Waals surface area (Å²) in [6.07, 6.45) is 2.89. The molecule has 0 aliphatic carbocycles. The summed E-state index contributed by atoms with van der Waals surface area (Å²) in [7, 11) is 0. The van der Waals surface area contributed by atoms with E-state index in [1.54, 1.807) is 72.8 Å². The Labute approximate surface area is 221 Å². The maximum Gasteiger partial charge on any atom is 0.257 e. The quantitative estimate of drug-likeness (QED) is 0.239. The number of anilines is 2. The number of furan rings is 1. The molecule has 1 aromatic heterocycles. The van der Waals surface area contributed by atoms with Crippen LogP contribution in [0.3, 0.4) is 0 Å². The smallest absolute Gasteiger partial charge is 0.257 e. The SMILES string of the molecule is O=C(C=Cc1ccc(-c2cccc(Cl)c2Cl)o1)Nc1ccc(NC(=O)c2ccc(Cl)cc2Cl)cc1. The van der Waals surface area contributed by atoms with Crippen LogP contribution in [0.5, 0.6) is 0 Å². The topological polar surface area (TPSA) is 71.3 Å².